The molecular weight excluding hydrogens is 254 g/mol. The van der Waals surface area contributed by atoms with Crippen LogP contribution >= 0.6 is 0 Å². The number of aryl methyl sites for hydroxylation is 1. The predicted molar refractivity (Wildman–Crippen MR) is 80.6 cm³/mol. The summed E-state index contributed by atoms with van der Waals surface area (Å²) in [5.74, 6) is 0.0652. The minimum Gasteiger partial charge on any atom is -0.349 e. The van der Waals surface area contributed by atoms with E-state index in [1.54, 1.807) is 19.0 Å². The molecule has 20 heavy (non-hydrogen) atoms. The summed E-state index contributed by atoms with van der Waals surface area (Å²) >= 11 is 0. The van der Waals surface area contributed by atoms with E-state index < -0.39 is 0 Å². The zero-order chi connectivity index (χ0) is 15.0. The summed E-state index contributed by atoms with van der Waals surface area (Å²) in [4.78, 5) is 24.6. The van der Waals surface area contributed by atoms with Crippen molar-refractivity contribution in [1.29, 1.82) is 0 Å². The van der Waals surface area contributed by atoms with Crippen LogP contribution in [0, 0.1) is 0 Å². The molecule has 1 aromatic carbocycles. The SMILES string of the molecule is CCNCC(=O)Nc1ccc(CCC(=O)N(C)C)cc1. The van der Waals surface area contributed by atoms with Crippen LogP contribution in [0.2, 0.25) is 0 Å². The molecule has 0 unspecified atom stereocenters. The van der Waals surface area contributed by atoms with Gasteiger partial charge in [0.1, 0.15) is 0 Å². The van der Waals surface area contributed by atoms with Gasteiger partial charge in [0.15, 0.2) is 0 Å². The van der Waals surface area contributed by atoms with Gasteiger partial charge in [-0.2, -0.15) is 0 Å². The first kappa shape index (κ1) is 16.2. The van der Waals surface area contributed by atoms with Crippen LogP contribution in [0.4, 0.5) is 5.69 Å². The van der Waals surface area contributed by atoms with Gasteiger partial charge in [-0.25, -0.2) is 0 Å². The Morgan fingerprint density at radius 1 is 1.15 bits per heavy atom. The van der Waals surface area contributed by atoms with E-state index in [2.05, 4.69) is 10.6 Å². The molecule has 0 aliphatic rings. The molecule has 0 aliphatic carbocycles. The van der Waals surface area contributed by atoms with E-state index in [9.17, 15) is 9.59 Å². The molecule has 5 heteroatoms. The van der Waals surface area contributed by atoms with Crippen LogP contribution in [0.5, 0.6) is 0 Å². The van der Waals surface area contributed by atoms with E-state index in [0.29, 0.717) is 19.4 Å². The maximum Gasteiger partial charge on any atom is 0.238 e. The molecule has 0 heterocycles. The molecule has 0 aromatic heterocycles. The van der Waals surface area contributed by atoms with Crippen LogP contribution in [0.3, 0.4) is 0 Å². The Bertz CT molecular complexity index is 441. The maximum absolute atomic E-state index is 11.5. The maximum atomic E-state index is 11.5. The monoisotopic (exact) mass is 277 g/mol. The topological polar surface area (TPSA) is 61.4 Å². The van der Waals surface area contributed by atoms with Crippen LogP contribution < -0.4 is 10.6 Å². The third kappa shape index (κ3) is 5.84. The predicted octanol–water partition coefficient (Wildman–Crippen LogP) is 1.26. The molecule has 2 amide bonds. The van der Waals surface area contributed by atoms with Crippen LogP contribution in [-0.2, 0) is 16.0 Å². The summed E-state index contributed by atoms with van der Waals surface area (Å²) in [6, 6.07) is 7.59. The minimum atomic E-state index is -0.0533. The summed E-state index contributed by atoms with van der Waals surface area (Å²) in [6.07, 6.45) is 1.21. The van der Waals surface area contributed by atoms with Gasteiger partial charge in [0.05, 0.1) is 6.54 Å². The van der Waals surface area contributed by atoms with Crippen molar-refractivity contribution in [1.82, 2.24) is 10.2 Å². The van der Waals surface area contributed by atoms with Crippen molar-refractivity contribution in [2.24, 2.45) is 0 Å². The lowest BCUT2D eigenvalue weighted by molar-refractivity contribution is -0.128. The van der Waals surface area contributed by atoms with E-state index in [-0.39, 0.29) is 11.8 Å². The fourth-order valence-electron chi connectivity index (χ4n) is 1.67. The fourth-order valence-corrected chi connectivity index (χ4v) is 1.67. The summed E-state index contributed by atoms with van der Waals surface area (Å²) < 4.78 is 0. The van der Waals surface area contributed by atoms with Gasteiger partial charge < -0.3 is 15.5 Å². The number of nitrogens with zero attached hydrogens (tertiary/aromatic N) is 1. The molecule has 1 aromatic rings. The number of benzene rings is 1. The fraction of sp³-hybridized carbons (Fsp3) is 0.467. The number of rotatable bonds is 7. The summed E-state index contributed by atoms with van der Waals surface area (Å²) in [6.45, 7) is 3.04. The molecule has 5 nitrogen and oxygen atoms in total. The minimum absolute atomic E-state index is 0.0533. The van der Waals surface area contributed by atoms with E-state index >= 15 is 0 Å². The molecule has 0 saturated heterocycles. The number of nitrogens with one attached hydrogen (secondary N) is 2. The molecule has 0 aliphatic heterocycles. The number of hydrogen-bond acceptors (Lipinski definition) is 3. The summed E-state index contributed by atoms with van der Waals surface area (Å²) in [5, 5.41) is 5.78. The second-order valence-electron chi connectivity index (χ2n) is 4.81. The van der Waals surface area contributed by atoms with Crippen LogP contribution in [0.1, 0.15) is 18.9 Å². The van der Waals surface area contributed by atoms with Crippen molar-refractivity contribution in [3.63, 3.8) is 0 Å². The quantitative estimate of drug-likeness (QED) is 0.788. The summed E-state index contributed by atoms with van der Waals surface area (Å²) in [7, 11) is 3.51. The molecule has 0 bridgehead atoms. The number of carbonyl (C=O) groups excluding carboxylic acids is 2. The lowest BCUT2D eigenvalue weighted by atomic mass is 10.1. The lowest BCUT2D eigenvalue weighted by Crippen LogP contribution is -2.27. The molecule has 0 atom stereocenters. The molecular formula is C15H23N3O2. The van der Waals surface area contributed by atoms with Crippen LogP contribution in [0.15, 0.2) is 24.3 Å². The highest BCUT2D eigenvalue weighted by molar-refractivity contribution is 5.92. The second-order valence-corrected chi connectivity index (χ2v) is 4.81. The highest BCUT2D eigenvalue weighted by atomic mass is 16.2. The van der Waals surface area contributed by atoms with Gasteiger partial charge in [-0.15, -0.1) is 0 Å². The average molecular weight is 277 g/mol. The number of carbonyl (C=O) groups is 2. The highest BCUT2D eigenvalue weighted by Gasteiger charge is 2.05. The smallest absolute Gasteiger partial charge is 0.238 e. The normalized spacial score (nSPS) is 10.2. The number of anilines is 1. The molecule has 0 radical (unpaired) electrons. The molecule has 0 saturated carbocycles. The van der Waals surface area contributed by atoms with Gasteiger partial charge in [-0.1, -0.05) is 19.1 Å². The van der Waals surface area contributed by atoms with Crippen molar-refractivity contribution in [3.05, 3.63) is 29.8 Å². The second kappa shape index (κ2) is 8.32. The number of hydrogen-bond donors (Lipinski definition) is 2. The van der Waals surface area contributed by atoms with Crippen molar-refractivity contribution in [3.8, 4) is 0 Å². The van der Waals surface area contributed by atoms with E-state index in [0.717, 1.165) is 17.8 Å². The third-order valence-corrected chi connectivity index (χ3v) is 2.90. The largest absolute Gasteiger partial charge is 0.349 e. The Labute approximate surface area is 120 Å². The Morgan fingerprint density at radius 2 is 1.80 bits per heavy atom. The van der Waals surface area contributed by atoms with Crippen LogP contribution in [0.25, 0.3) is 0 Å². The van der Waals surface area contributed by atoms with Crippen LogP contribution in [-0.4, -0.2) is 43.9 Å². The first-order valence-corrected chi connectivity index (χ1v) is 6.82. The zero-order valence-corrected chi connectivity index (χ0v) is 12.4. The summed E-state index contributed by atoms with van der Waals surface area (Å²) in [5.41, 5.74) is 1.86. The van der Waals surface area contributed by atoms with Crippen molar-refractivity contribution in [2.45, 2.75) is 19.8 Å². The van der Waals surface area contributed by atoms with Gasteiger partial charge in [0.2, 0.25) is 11.8 Å². The van der Waals surface area contributed by atoms with Crippen molar-refractivity contribution in [2.75, 3.05) is 32.5 Å². The number of amides is 2. The first-order chi connectivity index (χ1) is 9.52. The Hall–Kier alpha value is -1.88. The van der Waals surface area contributed by atoms with Gasteiger partial charge in [-0.3, -0.25) is 9.59 Å². The highest BCUT2D eigenvalue weighted by Crippen LogP contribution is 2.11. The lowest BCUT2D eigenvalue weighted by Gasteiger charge is -2.10. The third-order valence-electron chi connectivity index (χ3n) is 2.90. The molecule has 110 valence electrons. The Morgan fingerprint density at radius 3 is 2.35 bits per heavy atom. The molecule has 2 N–H and O–H groups in total. The van der Waals surface area contributed by atoms with Crippen molar-refractivity contribution < 1.29 is 9.59 Å². The van der Waals surface area contributed by atoms with Gasteiger partial charge in [-0.05, 0) is 30.7 Å². The van der Waals surface area contributed by atoms with Gasteiger partial charge >= 0.3 is 0 Å². The van der Waals surface area contributed by atoms with Gasteiger partial charge in [0.25, 0.3) is 0 Å². The van der Waals surface area contributed by atoms with E-state index in [4.69, 9.17) is 0 Å². The van der Waals surface area contributed by atoms with E-state index in [1.165, 1.54) is 0 Å². The van der Waals surface area contributed by atoms with E-state index in [1.807, 2.05) is 31.2 Å². The molecule has 0 spiro atoms. The Kier molecular flexibility index (Phi) is 6.73. The average Bonchev–Trinajstić information content (AvgIpc) is 2.43. The zero-order valence-electron chi connectivity index (χ0n) is 12.4. The molecule has 0 fully saturated rings. The van der Waals surface area contributed by atoms with Crippen molar-refractivity contribution >= 4 is 17.5 Å². The first-order valence-electron chi connectivity index (χ1n) is 6.82. The number of likely N-dealkylation sites (N-methyl/N-ethyl adjacent to an activating group) is 1. The van der Waals surface area contributed by atoms with Gasteiger partial charge in [0, 0.05) is 26.2 Å². The standard InChI is InChI=1S/C15H23N3O2/c1-4-16-11-14(19)17-13-8-5-12(6-9-13)7-10-15(20)18(2)3/h5-6,8-9,16H,4,7,10-11H2,1-3H3,(H,17,19). The Balaban J connectivity index is 2.44. The molecule has 1 rings (SSSR count).